The van der Waals surface area contributed by atoms with Crippen LogP contribution in [0.2, 0.25) is 0 Å². The number of Topliss-reactive ketones (excluding diaryl/α,β-unsaturated/α-hetero) is 1. The molecular weight excluding hydrogens is 248 g/mol. The lowest BCUT2D eigenvalue weighted by atomic mass is 9.95. The first-order chi connectivity index (χ1) is 9.03. The predicted octanol–water partition coefficient (Wildman–Crippen LogP) is 3.20. The van der Waals surface area contributed by atoms with Crippen LogP contribution in [0.1, 0.15) is 22.0 Å². The highest BCUT2D eigenvalue weighted by Crippen LogP contribution is 2.32. The summed E-state index contributed by atoms with van der Waals surface area (Å²) in [5, 5.41) is 0. The Morgan fingerprint density at radius 2 is 1.42 bits per heavy atom. The predicted molar refractivity (Wildman–Crippen MR) is 69.1 cm³/mol. The molecule has 4 heteroatoms. The van der Waals surface area contributed by atoms with E-state index in [1.807, 2.05) is 0 Å². The third-order valence-corrected chi connectivity index (χ3v) is 2.89. The molecule has 0 aromatic heterocycles. The highest BCUT2D eigenvalue weighted by molar-refractivity contribution is 6.01. The maximum atomic E-state index is 14.1. The molecule has 0 spiro atoms. The number of carbonyl (C=O) groups excluding carboxylic acids is 1. The van der Waals surface area contributed by atoms with Gasteiger partial charge in [-0.15, -0.1) is 0 Å². The Hall–Kier alpha value is -2.07. The van der Waals surface area contributed by atoms with Crippen LogP contribution in [0.3, 0.4) is 0 Å². The van der Waals surface area contributed by atoms with Gasteiger partial charge >= 0.3 is 5.92 Å². The number of carbonyl (C=O) groups is 1. The second kappa shape index (κ2) is 5.28. The molecule has 0 unspecified atom stereocenters. The Morgan fingerprint density at radius 3 is 1.95 bits per heavy atom. The molecule has 2 rings (SSSR count). The zero-order valence-corrected chi connectivity index (χ0v) is 10.1. The van der Waals surface area contributed by atoms with Crippen LogP contribution < -0.4 is 5.73 Å². The minimum Gasteiger partial charge on any atom is -0.319 e. The zero-order chi connectivity index (χ0) is 13.9. The van der Waals surface area contributed by atoms with E-state index in [-0.39, 0.29) is 11.1 Å². The molecule has 0 heterocycles. The molecule has 2 N–H and O–H groups in total. The molecule has 0 amide bonds. The Balaban J connectivity index is 2.30. The van der Waals surface area contributed by atoms with Crippen LogP contribution in [0.4, 0.5) is 8.78 Å². The van der Waals surface area contributed by atoms with Crippen molar-refractivity contribution < 1.29 is 13.6 Å². The molecule has 0 aliphatic rings. The van der Waals surface area contributed by atoms with Crippen molar-refractivity contribution in [3.63, 3.8) is 0 Å². The smallest absolute Gasteiger partial charge is 0.319 e. The fourth-order valence-corrected chi connectivity index (χ4v) is 1.79. The highest BCUT2D eigenvalue weighted by atomic mass is 19.3. The summed E-state index contributed by atoms with van der Waals surface area (Å²) in [5.41, 5.74) is 5.73. The summed E-state index contributed by atoms with van der Waals surface area (Å²) in [4.78, 5) is 11.9. The number of alkyl halides is 2. The van der Waals surface area contributed by atoms with Gasteiger partial charge in [0.1, 0.15) is 6.04 Å². The molecule has 0 aliphatic heterocycles. The molecule has 0 aliphatic carbocycles. The van der Waals surface area contributed by atoms with Crippen molar-refractivity contribution in [3.05, 3.63) is 71.8 Å². The van der Waals surface area contributed by atoms with Crippen LogP contribution in [-0.2, 0) is 0 Å². The fraction of sp³-hybridized carbons (Fsp3) is 0.133. The Kier molecular flexibility index (Phi) is 3.71. The van der Waals surface area contributed by atoms with Crippen molar-refractivity contribution in [1.29, 1.82) is 0 Å². The molecule has 0 fully saturated rings. The lowest BCUT2D eigenvalue weighted by Gasteiger charge is -2.22. The number of benzene rings is 2. The minimum atomic E-state index is -3.64. The Bertz CT molecular complexity index is 555. The van der Waals surface area contributed by atoms with E-state index in [2.05, 4.69) is 0 Å². The minimum absolute atomic E-state index is 0.0427. The normalized spacial score (nSPS) is 13.0. The van der Waals surface area contributed by atoms with E-state index in [0.29, 0.717) is 0 Å². The summed E-state index contributed by atoms with van der Waals surface area (Å²) in [6.07, 6.45) is 0. The largest absolute Gasteiger partial charge is 0.328 e. The van der Waals surface area contributed by atoms with Crippen molar-refractivity contribution in [1.82, 2.24) is 0 Å². The van der Waals surface area contributed by atoms with Gasteiger partial charge in [0.2, 0.25) is 5.78 Å². The second-order valence-electron chi connectivity index (χ2n) is 4.21. The monoisotopic (exact) mass is 261 g/mol. The Labute approximate surface area is 109 Å². The van der Waals surface area contributed by atoms with Crippen LogP contribution in [0, 0.1) is 0 Å². The summed E-state index contributed by atoms with van der Waals surface area (Å²) in [7, 11) is 0. The third-order valence-electron chi connectivity index (χ3n) is 2.89. The highest BCUT2D eigenvalue weighted by Gasteiger charge is 2.46. The molecule has 19 heavy (non-hydrogen) atoms. The number of nitrogens with two attached hydrogens (primary N) is 1. The first kappa shape index (κ1) is 13.4. The van der Waals surface area contributed by atoms with E-state index in [0.717, 1.165) is 0 Å². The average Bonchev–Trinajstić information content (AvgIpc) is 2.47. The lowest BCUT2D eigenvalue weighted by molar-refractivity contribution is -0.00722. The van der Waals surface area contributed by atoms with Crippen molar-refractivity contribution >= 4 is 5.78 Å². The van der Waals surface area contributed by atoms with Gasteiger partial charge in [-0.2, -0.15) is 8.78 Å². The Morgan fingerprint density at radius 1 is 0.947 bits per heavy atom. The van der Waals surface area contributed by atoms with E-state index in [4.69, 9.17) is 5.73 Å². The average molecular weight is 261 g/mol. The molecule has 98 valence electrons. The SMILES string of the molecule is N[C@H](c1ccccc1)C(F)(F)C(=O)c1ccccc1. The maximum absolute atomic E-state index is 14.1. The van der Waals surface area contributed by atoms with Gasteiger partial charge in [-0.3, -0.25) is 4.79 Å². The van der Waals surface area contributed by atoms with Gasteiger partial charge in [-0.25, -0.2) is 0 Å². The summed E-state index contributed by atoms with van der Waals surface area (Å²) >= 11 is 0. The van der Waals surface area contributed by atoms with Crippen LogP contribution in [0.5, 0.6) is 0 Å². The van der Waals surface area contributed by atoms with Crippen LogP contribution >= 0.6 is 0 Å². The van der Waals surface area contributed by atoms with Gasteiger partial charge in [0.25, 0.3) is 0 Å². The number of ketones is 1. The van der Waals surface area contributed by atoms with Crippen molar-refractivity contribution in [2.45, 2.75) is 12.0 Å². The van der Waals surface area contributed by atoms with Gasteiger partial charge in [0, 0.05) is 5.56 Å². The van der Waals surface area contributed by atoms with Crippen LogP contribution in [0.15, 0.2) is 60.7 Å². The van der Waals surface area contributed by atoms with E-state index in [1.54, 1.807) is 24.3 Å². The summed E-state index contributed by atoms with van der Waals surface area (Å²) in [6, 6.07) is 13.7. The van der Waals surface area contributed by atoms with Crippen molar-refractivity contribution in [2.24, 2.45) is 5.73 Å². The van der Waals surface area contributed by atoms with Crippen molar-refractivity contribution in [3.8, 4) is 0 Å². The zero-order valence-electron chi connectivity index (χ0n) is 10.1. The number of hydrogen-bond acceptors (Lipinski definition) is 2. The van der Waals surface area contributed by atoms with Gasteiger partial charge in [-0.1, -0.05) is 60.7 Å². The molecule has 1 atom stereocenters. The molecule has 2 nitrogen and oxygen atoms in total. The standard InChI is InChI=1S/C15H13F2NO/c16-15(17,13(18)11-7-3-1-4-8-11)14(19)12-9-5-2-6-10-12/h1-10,13H,18H2/t13-/m1/s1. The molecule has 0 radical (unpaired) electrons. The summed E-state index contributed by atoms with van der Waals surface area (Å²) < 4.78 is 28.2. The van der Waals surface area contributed by atoms with Gasteiger partial charge in [0.15, 0.2) is 0 Å². The molecule has 0 bridgehead atoms. The molecule has 2 aromatic rings. The number of hydrogen-bond donors (Lipinski definition) is 1. The fourth-order valence-electron chi connectivity index (χ4n) is 1.79. The van der Waals surface area contributed by atoms with E-state index < -0.39 is 17.7 Å². The van der Waals surface area contributed by atoms with E-state index in [1.165, 1.54) is 36.4 Å². The second-order valence-corrected chi connectivity index (χ2v) is 4.21. The van der Waals surface area contributed by atoms with Gasteiger partial charge in [-0.05, 0) is 5.56 Å². The van der Waals surface area contributed by atoms with Gasteiger partial charge < -0.3 is 5.73 Å². The molecule has 2 aromatic carbocycles. The van der Waals surface area contributed by atoms with E-state index >= 15 is 0 Å². The quantitative estimate of drug-likeness (QED) is 0.859. The first-order valence-corrected chi connectivity index (χ1v) is 5.81. The first-order valence-electron chi connectivity index (χ1n) is 5.81. The molecular formula is C15H13F2NO. The summed E-state index contributed by atoms with van der Waals surface area (Å²) in [6.45, 7) is 0. The number of rotatable bonds is 4. The number of halogens is 2. The van der Waals surface area contributed by atoms with Crippen molar-refractivity contribution in [2.75, 3.05) is 0 Å². The topological polar surface area (TPSA) is 43.1 Å². The van der Waals surface area contributed by atoms with E-state index in [9.17, 15) is 13.6 Å². The van der Waals surface area contributed by atoms with Gasteiger partial charge in [0.05, 0.1) is 0 Å². The summed E-state index contributed by atoms with van der Waals surface area (Å²) in [5.74, 6) is -4.90. The van der Waals surface area contributed by atoms with Crippen LogP contribution in [0.25, 0.3) is 0 Å². The lowest BCUT2D eigenvalue weighted by Crippen LogP contribution is -2.40. The maximum Gasteiger partial charge on any atom is 0.328 e. The van der Waals surface area contributed by atoms with Crippen LogP contribution in [-0.4, -0.2) is 11.7 Å². The third kappa shape index (κ3) is 2.69. The molecule has 0 saturated carbocycles. The molecule has 0 saturated heterocycles.